The summed E-state index contributed by atoms with van der Waals surface area (Å²) in [5, 5.41) is 0. The summed E-state index contributed by atoms with van der Waals surface area (Å²) in [7, 11) is 0. The first-order valence-electron chi connectivity index (χ1n) is 7.24. The van der Waals surface area contributed by atoms with Gasteiger partial charge in [-0.25, -0.2) is 4.79 Å². The molecule has 6 nitrogen and oxygen atoms in total. The molecule has 1 aromatic heterocycles. The van der Waals surface area contributed by atoms with Crippen molar-refractivity contribution in [3.63, 3.8) is 0 Å². The van der Waals surface area contributed by atoms with E-state index < -0.39 is 5.60 Å². The normalized spacial score (nSPS) is 16.8. The molecule has 0 aliphatic carbocycles. The Morgan fingerprint density at radius 3 is 2.57 bits per heavy atom. The zero-order chi connectivity index (χ0) is 15.5. The molecule has 0 aromatic carbocycles. The van der Waals surface area contributed by atoms with Gasteiger partial charge in [-0.15, -0.1) is 0 Å². The van der Waals surface area contributed by atoms with Crippen LogP contribution >= 0.6 is 0 Å². The topological polar surface area (TPSA) is 71.7 Å². The smallest absolute Gasteiger partial charge is 0.410 e. The van der Waals surface area contributed by atoms with Crippen LogP contribution in [-0.2, 0) is 11.3 Å². The Morgan fingerprint density at radius 1 is 1.33 bits per heavy atom. The number of aromatic nitrogens is 1. The van der Waals surface area contributed by atoms with Gasteiger partial charge in [-0.1, -0.05) is 0 Å². The van der Waals surface area contributed by atoms with Crippen molar-refractivity contribution in [1.29, 1.82) is 0 Å². The van der Waals surface area contributed by atoms with E-state index in [1.807, 2.05) is 26.8 Å². The van der Waals surface area contributed by atoms with Crippen molar-refractivity contribution in [1.82, 2.24) is 14.8 Å². The molecule has 1 fully saturated rings. The molecule has 6 heteroatoms. The highest BCUT2D eigenvalue weighted by Crippen LogP contribution is 2.13. The van der Waals surface area contributed by atoms with Crippen LogP contribution in [0.15, 0.2) is 18.3 Å². The number of carbonyl (C=O) groups is 1. The quantitative estimate of drug-likeness (QED) is 0.898. The van der Waals surface area contributed by atoms with E-state index in [0.717, 1.165) is 31.0 Å². The summed E-state index contributed by atoms with van der Waals surface area (Å²) in [6.45, 7) is 9.39. The molecule has 1 aromatic rings. The first-order chi connectivity index (χ1) is 9.83. The van der Waals surface area contributed by atoms with E-state index in [9.17, 15) is 4.79 Å². The molecule has 0 unspecified atom stereocenters. The standard InChI is InChI=1S/C15H24N4O2/c1-15(2,3)21-14(20)19-8-6-18(7-9-19)11-13-10-12(16)4-5-17-13/h4-5,10H,6-9,11H2,1-3H3,(H2,16,17). The number of piperazine rings is 1. The molecular weight excluding hydrogens is 268 g/mol. The predicted octanol–water partition coefficient (Wildman–Crippen LogP) is 1.72. The molecule has 1 aliphatic rings. The number of hydrogen-bond donors (Lipinski definition) is 1. The molecule has 1 aliphatic heterocycles. The Balaban J connectivity index is 1.82. The maximum Gasteiger partial charge on any atom is 0.410 e. The van der Waals surface area contributed by atoms with Gasteiger partial charge in [0.25, 0.3) is 0 Å². The average Bonchev–Trinajstić information content (AvgIpc) is 2.37. The molecule has 0 saturated carbocycles. The Bertz CT molecular complexity index is 491. The second-order valence-electron chi connectivity index (χ2n) is 6.32. The SMILES string of the molecule is CC(C)(C)OC(=O)N1CCN(Cc2cc(N)ccn2)CC1. The fraction of sp³-hybridized carbons (Fsp3) is 0.600. The number of amides is 1. The number of carbonyl (C=O) groups excluding carboxylic acids is 1. The Hall–Kier alpha value is -1.82. The van der Waals surface area contributed by atoms with Gasteiger partial charge in [-0.3, -0.25) is 9.88 Å². The van der Waals surface area contributed by atoms with Crippen molar-refractivity contribution in [2.75, 3.05) is 31.9 Å². The highest BCUT2D eigenvalue weighted by atomic mass is 16.6. The summed E-state index contributed by atoms with van der Waals surface area (Å²) in [5.41, 5.74) is 7.00. The van der Waals surface area contributed by atoms with Crippen LogP contribution in [0.25, 0.3) is 0 Å². The van der Waals surface area contributed by atoms with Crippen molar-refractivity contribution < 1.29 is 9.53 Å². The summed E-state index contributed by atoms with van der Waals surface area (Å²) in [6.07, 6.45) is 1.49. The Morgan fingerprint density at radius 2 is 2.00 bits per heavy atom. The summed E-state index contributed by atoms with van der Waals surface area (Å²) < 4.78 is 5.39. The van der Waals surface area contributed by atoms with Crippen molar-refractivity contribution in [3.8, 4) is 0 Å². The maximum absolute atomic E-state index is 12.0. The van der Waals surface area contributed by atoms with Crippen LogP contribution in [0.3, 0.4) is 0 Å². The van der Waals surface area contributed by atoms with Gasteiger partial charge in [0.05, 0.1) is 5.69 Å². The molecular formula is C15H24N4O2. The number of ether oxygens (including phenoxy) is 1. The lowest BCUT2D eigenvalue weighted by atomic mass is 10.2. The zero-order valence-electron chi connectivity index (χ0n) is 13.0. The summed E-state index contributed by atoms with van der Waals surface area (Å²) in [5.74, 6) is 0. The monoisotopic (exact) mass is 292 g/mol. The van der Waals surface area contributed by atoms with Gasteiger partial charge in [-0.05, 0) is 32.9 Å². The van der Waals surface area contributed by atoms with Crippen LogP contribution in [0.5, 0.6) is 0 Å². The fourth-order valence-corrected chi connectivity index (χ4v) is 2.23. The van der Waals surface area contributed by atoms with E-state index in [4.69, 9.17) is 10.5 Å². The van der Waals surface area contributed by atoms with Crippen LogP contribution in [0.2, 0.25) is 0 Å². The van der Waals surface area contributed by atoms with E-state index in [0.29, 0.717) is 13.1 Å². The van der Waals surface area contributed by atoms with Crippen LogP contribution in [0, 0.1) is 0 Å². The van der Waals surface area contributed by atoms with Gasteiger partial charge in [0, 0.05) is 44.6 Å². The van der Waals surface area contributed by atoms with Crippen molar-refractivity contribution >= 4 is 11.8 Å². The van der Waals surface area contributed by atoms with Gasteiger partial charge < -0.3 is 15.4 Å². The first kappa shape index (κ1) is 15.6. The summed E-state index contributed by atoms with van der Waals surface area (Å²) in [6, 6.07) is 3.67. The summed E-state index contributed by atoms with van der Waals surface area (Å²) >= 11 is 0. The number of anilines is 1. The van der Waals surface area contributed by atoms with Crippen molar-refractivity contribution in [2.45, 2.75) is 32.9 Å². The molecule has 2 N–H and O–H groups in total. The lowest BCUT2D eigenvalue weighted by Crippen LogP contribution is -2.49. The molecule has 0 radical (unpaired) electrons. The number of nitrogens with zero attached hydrogens (tertiary/aromatic N) is 3. The number of nitrogens with two attached hydrogens (primary N) is 1. The van der Waals surface area contributed by atoms with Gasteiger partial charge >= 0.3 is 6.09 Å². The van der Waals surface area contributed by atoms with Gasteiger partial charge in [0.2, 0.25) is 0 Å². The van der Waals surface area contributed by atoms with E-state index >= 15 is 0 Å². The summed E-state index contributed by atoms with van der Waals surface area (Å²) in [4.78, 5) is 20.3. The van der Waals surface area contributed by atoms with Gasteiger partial charge in [-0.2, -0.15) is 0 Å². The molecule has 2 rings (SSSR count). The number of hydrogen-bond acceptors (Lipinski definition) is 5. The van der Waals surface area contributed by atoms with Crippen LogP contribution in [0.1, 0.15) is 26.5 Å². The van der Waals surface area contributed by atoms with E-state index in [1.165, 1.54) is 0 Å². The molecule has 0 bridgehead atoms. The molecule has 0 spiro atoms. The van der Waals surface area contributed by atoms with E-state index in [1.54, 1.807) is 17.2 Å². The van der Waals surface area contributed by atoms with Crippen molar-refractivity contribution in [3.05, 3.63) is 24.0 Å². The Kier molecular flexibility index (Phi) is 4.67. The van der Waals surface area contributed by atoms with E-state index in [-0.39, 0.29) is 6.09 Å². The fourth-order valence-electron chi connectivity index (χ4n) is 2.23. The highest BCUT2D eigenvalue weighted by molar-refractivity contribution is 5.68. The van der Waals surface area contributed by atoms with Crippen LogP contribution < -0.4 is 5.73 Å². The molecule has 2 heterocycles. The highest BCUT2D eigenvalue weighted by Gasteiger charge is 2.25. The minimum Gasteiger partial charge on any atom is -0.444 e. The minimum absolute atomic E-state index is 0.232. The maximum atomic E-state index is 12.0. The third-order valence-electron chi connectivity index (χ3n) is 3.25. The predicted molar refractivity (Wildman–Crippen MR) is 81.7 cm³/mol. The lowest BCUT2D eigenvalue weighted by Gasteiger charge is -2.35. The third kappa shape index (κ3) is 4.90. The molecule has 21 heavy (non-hydrogen) atoms. The molecule has 1 amide bonds. The molecule has 116 valence electrons. The first-order valence-corrected chi connectivity index (χ1v) is 7.24. The second-order valence-corrected chi connectivity index (χ2v) is 6.32. The average molecular weight is 292 g/mol. The van der Waals surface area contributed by atoms with Crippen LogP contribution in [-0.4, -0.2) is 52.7 Å². The van der Waals surface area contributed by atoms with Gasteiger partial charge in [0.1, 0.15) is 5.60 Å². The van der Waals surface area contributed by atoms with Crippen molar-refractivity contribution in [2.24, 2.45) is 0 Å². The molecule has 1 saturated heterocycles. The van der Waals surface area contributed by atoms with Crippen LogP contribution in [0.4, 0.5) is 10.5 Å². The largest absolute Gasteiger partial charge is 0.444 e. The minimum atomic E-state index is -0.445. The van der Waals surface area contributed by atoms with E-state index in [2.05, 4.69) is 9.88 Å². The zero-order valence-corrected chi connectivity index (χ0v) is 13.0. The van der Waals surface area contributed by atoms with Gasteiger partial charge in [0.15, 0.2) is 0 Å². The lowest BCUT2D eigenvalue weighted by molar-refractivity contribution is 0.0138. The second kappa shape index (κ2) is 6.30. The number of nitrogen functional groups attached to an aromatic ring is 1. The number of rotatable bonds is 2. The third-order valence-corrected chi connectivity index (χ3v) is 3.25. The number of pyridine rings is 1. The Labute approximate surface area is 125 Å². The molecule has 0 atom stereocenters.